The molecule has 0 bridgehead atoms. The molecule has 8 aromatic rings. The van der Waals surface area contributed by atoms with Crippen LogP contribution < -0.4 is 0 Å². The molecule has 0 unspecified atom stereocenters. The molecule has 2 aromatic heterocycles. The van der Waals surface area contributed by atoms with Gasteiger partial charge in [-0.1, -0.05) is 84.9 Å². The molecule has 0 amide bonds. The van der Waals surface area contributed by atoms with Crippen molar-refractivity contribution in [1.29, 1.82) is 5.26 Å². The van der Waals surface area contributed by atoms with Crippen LogP contribution in [0.5, 0.6) is 0 Å². The van der Waals surface area contributed by atoms with Crippen molar-refractivity contribution in [1.82, 2.24) is 9.97 Å². The molecule has 0 saturated heterocycles. The maximum absolute atomic E-state index is 9.26. The molecule has 3 heteroatoms. The number of hydrogen-bond donors (Lipinski definition) is 0. The minimum absolute atomic E-state index is 0.664. The molecule has 0 aliphatic carbocycles. The van der Waals surface area contributed by atoms with Crippen molar-refractivity contribution in [2.24, 2.45) is 0 Å². The van der Waals surface area contributed by atoms with Crippen molar-refractivity contribution in [3.8, 4) is 39.6 Å². The van der Waals surface area contributed by atoms with Gasteiger partial charge in [-0.05, 0) is 92.3 Å². The van der Waals surface area contributed by atoms with Gasteiger partial charge >= 0.3 is 0 Å². The Hall–Kier alpha value is -5.85. The van der Waals surface area contributed by atoms with Gasteiger partial charge in [0.15, 0.2) is 0 Å². The van der Waals surface area contributed by atoms with Gasteiger partial charge in [-0.3, -0.25) is 4.98 Å². The summed E-state index contributed by atoms with van der Waals surface area (Å²) in [7, 11) is 0. The summed E-state index contributed by atoms with van der Waals surface area (Å²) >= 11 is 0. The molecule has 6 aromatic carbocycles. The molecule has 0 aliphatic rings. The van der Waals surface area contributed by atoms with E-state index in [1.54, 1.807) is 0 Å². The van der Waals surface area contributed by atoms with Gasteiger partial charge in [-0.25, -0.2) is 4.98 Å². The highest BCUT2D eigenvalue weighted by molar-refractivity contribution is 6.04. The number of aromatic nitrogens is 2. The molecule has 194 valence electrons. The number of pyridine rings is 2. The second-order valence-corrected chi connectivity index (χ2v) is 10.6. The lowest BCUT2D eigenvalue weighted by atomic mass is 9.92. The van der Waals surface area contributed by atoms with Crippen molar-refractivity contribution < 1.29 is 0 Å². The Morgan fingerprint density at radius 2 is 1.12 bits per heavy atom. The summed E-state index contributed by atoms with van der Waals surface area (Å²) < 4.78 is 0. The highest BCUT2D eigenvalue weighted by Crippen LogP contribution is 2.36. The van der Waals surface area contributed by atoms with E-state index in [4.69, 9.17) is 4.98 Å². The van der Waals surface area contributed by atoms with Crippen molar-refractivity contribution in [2.75, 3.05) is 0 Å². The first-order valence-corrected chi connectivity index (χ1v) is 14.0. The first-order chi connectivity index (χ1) is 20.7. The molecule has 0 atom stereocenters. The summed E-state index contributed by atoms with van der Waals surface area (Å²) in [6, 6.07) is 48.7. The van der Waals surface area contributed by atoms with E-state index in [-0.39, 0.29) is 0 Å². The third-order valence-electron chi connectivity index (χ3n) is 8.09. The maximum Gasteiger partial charge on any atom is 0.0991 e. The monoisotopic (exact) mass is 533 g/mol. The van der Waals surface area contributed by atoms with Crippen molar-refractivity contribution in [3.63, 3.8) is 0 Å². The predicted molar refractivity (Wildman–Crippen MR) is 173 cm³/mol. The lowest BCUT2D eigenvalue weighted by Gasteiger charge is -2.12. The average Bonchev–Trinajstić information content (AvgIpc) is 3.07. The summed E-state index contributed by atoms with van der Waals surface area (Å²) in [6.45, 7) is 0. The van der Waals surface area contributed by atoms with Crippen molar-refractivity contribution in [3.05, 3.63) is 145 Å². The molecular formula is C39H23N3. The molecule has 3 nitrogen and oxygen atoms in total. The average molecular weight is 534 g/mol. The number of nitriles is 1. The van der Waals surface area contributed by atoms with E-state index in [2.05, 4.69) is 114 Å². The third-order valence-corrected chi connectivity index (χ3v) is 8.09. The van der Waals surface area contributed by atoms with Crippen molar-refractivity contribution >= 4 is 43.4 Å². The lowest BCUT2D eigenvalue weighted by Crippen LogP contribution is -1.89. The van der Waals surface area contributed by atoms with Gasteiger partial charge in [0.2, 0.25) is 0 Å². The van der Waals surface area contributed by atoms with Crippen LogP contribution in [0.25, 0.3) is 76.9 Å². The first kappa shape index (κ1) is 24.0. The van der Waals surface area contributed by atoms with Gasteiger partial charge in [0.25, 0.3) is 0 Å². The lowest BCUT2D eigenvalue weighted by molar-refractivity contribution is 1.37. The van der Waals surface area contributed by atoms with Crippen LogP contribution in [-0.2, 0) is 0 Å². The maximum atomic E-state index is 9.26. The van der Waals surface area contributed by atoms with Gasteiger partial charge in [0.05, 0.1) is 28.4 Å². The zero-order valence-corrected chi connectivity index (χ0v) is 22.6. The molecule has 8 rings (SSSR count). The van der Waals surface area contributed by atoms with Crippen LogP contribution in [0, 0.1) is 11.3 Å². The predicted octanol–water partition coefficient (Wildman–Crippen LogP) is 9.96. The van der Waals surface area contributed by atoms with E-state index in [9.17, 15) is 5.26 Å². The fourth-order valence-electron chi connectivity index (χ4n) is 5.91. The summed E-state index contributed by atoms with van der Waals surface area (Å²) in [5.41, 5.74) is 9.13. The van der Waals surface area contributed by atoms with E-state index >= 15 is 0 Å². The zero-order chi connectivity index (χ0) is 28.0. The minimum atomic E-state index is 0.664. The Bertz CT molecular complexity index is 2360. The quantitative estimate of drug-likeness (QED) is 0.212. The summed E-state index contributed by atoms with van der Waals surface area (Å²) in [6.07, 6.45) is 1.83. The number of hydrogen-bond acceptors (Lipinski definition) is 3. The second-order valence-electron chi connectivity index (χ2n) is 10.6. The van der Waals surface area contributed by atoms with Crippen molar-refractivity contribution in [2.45, 2.75) is 0 Å². The summed E-state index contributed by atoms with van der Waals surface area (Å²) in [5.74, 6) is 0. The Labute approximate surface area is 243 Å². The van der Waals surface area contributed by atoms with Crippen LogP contribution in [0.15, 0.2) is 140 Å². The molecule has 0 fully saturated rings. The normalized spacial score (nSPS) is 11.3. The molecule has 0 spiro atoms. The van der Waals surface area contributed by atoms with Crippen LogP contribution in [0.1, 0.15) is 5.56 Å². The van der Waals surface area contributed by atoms with Gasteiger partial charge in [-0.2, -0.15) is 5.26 Å². The van der Waals surface area contributed by atoms with Crippen LogP contribution in [0.3, 0.4) is 0 Å². The Morgan fingerprint density at radius 3 is 1.95 bits per heavy atom. The Morgan fingerprint density at radius 1 is 0.476 bits per heavy atom. The van der Waals surface area contributed by atoms with Crippen LogP contribution >= 0.6 is 0 Å². The zero-order valence-electron chi connectivity index (χ0n) is 22.6. The fourth-order valence-corrected chi connectivity index (χ4v) is 5.91. The largest absolute Gasteiger partial charge is 0.254 e. The molecule has 2 heterocycles. The molecule has 0 aliphatic heterocycles. The fraction of sp³-hybridized carbons (Fsp3) is 0. The van der Waals surface area contributed by atoms with E-state index < -0.39 is 0 Å². The SMILES string of the molecule is N#Cc1ccc(-c2cc(-c3ccc4cc(-c5ccc6ccc7cccnc7c6n5)ccc4c3)cc3ccccc23)cc1. The standard InChI is InChI=1S/C39H23N3/c40-24-25-7-9-26(10-8-25)36-23-34(22-32-4-1-2-6-35(32)36)31-14-13-30-21-33(16-15-29(30)20-31)37-18-17-28-12-11-27-5-3-19-41-38(27)39(28)42-37/h1-23H. The number of rotatable bonds is 3. The van der Waals surface area contributed by atoms with E-state index in [0.717, 1.165) is 55.3 Å². The topological polar surface area (TPSA) is 49.6 Å². The van der Waals surface area contributed by atoms with E-state index in [0.29, 0.717) is 5.56 Å². The van der Waals surface area contributed by atoms with E-state index in [1.165, 1.54) is 21.5 Å². The molecule has 0 N–H and O–H groups in total. The third kappa shape index (κ3) is 4.06. The smallest absolute Gasteiger partial charge is 0.0991 e. The molecule has 42 heavy (non-hydrogen) atoms. The Kier molecular flexibility index (Phi) is 5.52. The highest BCUT2D eigenvalue weighted by Gasteiger charge is 2.11. The van der Waals surface area contributed by atoms with Crippen LogP contribution in [0.4, 0.5) is 0 Å². The van der Waals surface area contributed by atoms with Gasteiger partial charge < -0.3 is 0 Å². The summed E-state index contributed by atoms with van der Waals surface area (Å²) in [5, 5.41) is 16.2. The van der Waals surface area contributed by atoms with Gasteiger partial charge in [-0.15, -0.1) is 0 Å². The molecule has 0 saturated carbocycles. The molecule has 0 radical (unpaired) electrons. The number of nitrogens with zero attached hydrogens (tertiary/aromatic N) is 3. The number of fused-ring (bicyclic) bond motifs is 5. The summed E-state index contributed by atoms with van der Waals surface area (Å²) in [4.78, 5) is 9.65. The van der Waals surface area contributed by atoms with Crippen LogP contribution in [0.2, 0.25) is 0 Å². The van der Waals surface area contributed by atoms with Crippen LogP contribution in [-0.4, -0.2) is 9.97 Å². The molecular weight excluding hydrogens is 510 g/mol. The van der Waals surface area contributed by atoms with Gasteiger partial charge in [0, 0.05) is 22.5 Å². The number of benzene rings is 6. The first-order valence-electron chi connectivity index (χ1n) is 14.0. The highest BCUT2D eigenvalue weighted by atomic mass is 14.7. The van der Waals surface area contributed by atoms with Gasteiger partial charge in [0.1, 0.15) is 0 Å². The Balaban J connectivity index is 1.21. The minimum Gasteiger partial charge on any atom is -0.254 e. The second kappa shape index (κ2) is 9.66. The van der Waals surface area contributed by atoms with E-state index in [1.807, 2.05) is 36.5 Å².